The Morgan fingerprint density at radius 1 is 1.00 bits per heavy atom. The molecule has 0 fully saturated rings. The summed E-state index contributed by atoms with van der Waals surface area (Å²) in [4.78, 5) is 11.3. The van der Waals surface area contributed by atoms with E-state index in [1.165, 1.54) is 0 Å². The molecule has 0 aliphatic rings. The van der Waals surface area contributed by atoms with Crippen LogP contribution in [0.1, 0.15) is 10.4 Å². The molecule has 3 nitrogen and oxygen atoms in total. The van der Waals surface area contributed by atoms with Gasteiger partial charge < -0.3 is 10.1 Å². The molecule has 0 aliphatic carbocycles. The monoisotopic (exact) mass is 301 g/mol. The van der Waals surface area contributed by atoms with Crippen molar-refractivity contribution in [1.82, 2.24) is 5.32 Å². The van der Waals surface area contributed by atoms with Gasteiger partial charge in [-0.1, -0.05) is 0 Å². The van der Waals surface area contributed by atoms with E-state index in [0.29, 0.717) is 0 Å². The molecule has 1 amide bonds. The number of carbonyl (C=O) groups is 1. The molecule has 1 aromatic rings. The van der Waals surface area contributed by atoms with Crippen molar-refractivity contribution in [3.05, 3.63) is 29.8 Å². The van der Waals surface area contributed by atoms with E-state index in [-0.39, 0.29) is 11.3 Å². The van der Waals surface area contributed by atoms with Gasteiger partial charge in [0.1, 0.15) is 12.3 Å². The van der Waals surface area contributed by atoms with Crippen LogP contribution in [0, 0.1) is 0 Å². The van der Waals surface area contributed by atoms with Gasteiger partial charge in [0.25, 0.3) is 5.91 Å². The zero-order valence-electron chi connectivity index (χ0n) is 9.81. The van der Waals surface area contributed by atoms with E-state index >= 15 is 0 Å². The van der Waals surface area contributed by atoms with Crippen LogP contribution in [-0.4, -0.2) is 31.4 Å². The number of benzene rings is 1. The molecule has 112 valence electrons. The highest BCUT2D eigenvalue weighted by Gasteiger charge is 2.29. The third kappa shape index (κ3) is 6.30. The number of alkyl halides is 6. The molecule has 20 heavy (non-hydrogen) atoms. The lowest BCUT2D eigenvalue weighted by Gasteiger charge is -2.10. The normalized spacial score (nSPS) is 12.1. The van der Waals surface area contributed by atoms with Gasteiger partial charge in [0.2, 0.25) is 0 Å². The summed E-state index contributed by atoms with van der Waals surface area (Å²) >= 11 is 0. The lowest BCUT2D eigenvalue weighted by atomic mass is 10.2. The third-order valence-corrected chi connectivity index (χ3v) is 1.97. The minimum Gasteiger partial charge on any atom is -0.484 e. The van der Waals surface area contributed by atoms with Gasteiger partial charge >= 0.3 is 12.4 Å². The minimum atomic E-state index is -4.54. The molecule has 0 bridgehead atoms. The molecule has 0 saturated carbocycles. The Hall–Kier alpha value is -1.93. The Labute approximate surface area is 109 Å². The van der Waals surface area contributed by atoms with Crippen molar-refractivity contribution in [2.75, 3.05) is 13.2 Å². The highest BCUT2D eigenvalue weighted by molar-refractivity contribution is 5.94. The summed E-state index contributed by atoms with van der Waals surface area (Å²) in [7, 11) is 0. The molecule has 0 aliphatic heterocycles. The molecular formula is C11H9F6NO2. The summed E-state index contributed by atoms with van der Waals surface area (Å²) in [6.45, 7) is -2.98. The third-order valence-electron chi connectivity index (χ3n) is 1.97. The molecule has 0 radical (unpaired) electrons. The largest absolute Gasteiger partial charge is 0.484 e. The van der Waals surface area contributed by atoms with Crippen molar-refractivity contribution in [2.45, 2.75) is 12.4 Å². The Morgan fingerprint density at radius 3 is 2.00 bits per heavy atom. The van der Waals surface area contributed by atoms with Crippen LogP contribution in [0.4, 0.5) is 26.3 Å². The summed E-state index contributed by atoms with van der Waals surface area (Å²) in [5.74, 6) is -1.13. The number of hydrogen-bond acceptors (Lipinski definition) is 2. The molecule has 1 rings (SSSR count). The van der Waals surface area contributed by atoms with Gasteiger partial charge in [0, 0.05) is 5.56 Å². The first-order chi connectivity index (χ1) is 9.07. The van der Waals surface area contributed by atoms with E-state index in [1.807, 2.05) is 0 Å². The molecule has 9 heteroatoms. The number of ether oxygens (including phenoxy) is 1. The smallest absolute Gasteiger partial charge is 0.422 e. The first kappa shape index (κ1) is 16.1. The maximum absolute atomic E-state index is 11.9. The summed E-state index contributed by atoms with van der Waals surface area (Å²) in [6.07, 6.45) is -9.03. The van der Waals surface area contributed by atoms with Gasteiger partial charge in [0.05, 0.1) is 0 Å². The molecule has 1 N–H and O–H groups in total. The first-order valence-corrected chi connectivity index (χ1v) is 5.21. The van der Waals surface area contributed by atoms with Crippen molar-refractivity contribution in [3.8, 4) is 5.75 Å². The topological polar surface area (TPSA) is 38.3 Å². The van der Waals surface area contributed by atoms with E-state index in [4.69, 9.17) is 0 Å². The van der Waals surface area contributed by atoms with E-state index in [1.54, 1.807) is 5.32 Å². The van der Waals surface area contributed by atoms with Crippen molar-refractivity contribution in [2.24, 2.45) is 0 Å². The van der Waals surface area contributed by atoms with Crippen LogP contribution in [0.25, 0.3) is 0 Å². The Morgan fingerprint density at radius 2 is 1.55 bits per heavy atom. The van der Waals surface area contributed by atoms with Crippen molar-refractivity contribution in [1.29, 1.82) is 0 Å². The van der Waals surface area contributed by atoms with Crippen molar-refractivity contribution in [3.63, 3.8) is 0 Å². The molecule has 0 spiro atoms. The Balaban J connectivity index is 2.56. The van der Waals surface area contributed by atoms with Gasteiger partial charge in [-0.25, -0.2) is 0 Å². The number of nitrogens with one attached hydrogen (secondary N) is 1. The maximum Gasteiger partial charge on any atom is 0.422 e. The fourth-order valence-electron chi connectivity index (χ4n) is 1.15. The number of rotatable bonds is 4. The van der Waals surface area contributed by atoms with Gasteiger partial charge in [-0.2, -0.15) is 26.3 Å². The van der Waals surface area contributed by atoms with Crippen LogP contribution in [0.15, 0.2) is 24.3 Å². The van der Waals surface area contributed by atoms with Gasteiger partial charge in [-0.05, 0) is 24.3 Å². The molecular weight excluding hydrogens is 292 g/mol. The fraction of sp³-hybridized carbons (Fsp3) is 0.364. The summed E-state index contributed by atoms with van der Waals surface area (Å²) in [6, 6.07) is 4.26. The summed E-state index contributed by atoms with van der Waals surface area (Å²) in [5, 5.41) is 1.63. The molecule has 0 atom stereocenters. The molecule has 0 aromatic heterocycles. The fourth-order valence-corrected chi connectivity index (χ4v) is 1.15. The average Bonchev–Trinajstić information content (AvgIpc) is 2.32. The van der Waals surface area contributed by atoms with Gasteiger partial charge in [-0.3, -0.25) is 4.79 Å². The van der Waals surface area contributed by atoms with E-state index in [9.17, 15) is 31.1 Å². The second-order valence-electron chi connectivity index (χ2n) is 3.73. The second kappa shape index (κ2) is 6.02. The predicted octanol–water partition coefficient (Wildman–Crippen LogP) is 2.92. The number of halogens is 6. The van der Waals surface area contributed by atoms with Gasteiger partial charge in [-0.15, -0.1) is 0 Å². The molecule has 0 unspecified atom stereocenters. The SMILES string of the molecule is O=C(NCC(F)(F)F)c1ccc(OCC(F)(F)F)cc1. The molecule has 1 aromatic carbocycles. The van der Waals surface area contributed by atoms with E-state index < -0.39 is 31.4 Å². The van der Waals surface area contributed by atoms with Crippen LogP contribution in [0.2, 0.25) is 0 Å². The summed E-state index contributed by atoms with van der Waals surface area (Å²) in [5.41, 5.74) is -0.117. The lowest BCUT2D eigenvalue weighted by molar-refractivity contribution is -0.153. The van der Waals surface area contributed by atoms with Crippen LogP contribution >= 0.6 is 0 Å². The van der Waals surface area contributed by atoms with Crippen LogP contribution < -0.4 is 10.1 Å². The number of hydrogen-bond donors (Lipinski definition) is 1. The van der Waals surface area contributed by atoms with Crippen LogP contribution in [-0.2, 0) is 0 Å². The zero-order valence-corrected chi connectivity index (χ0v) is 9.81. The highest BCUT2D eigenvalue weighted by Crippen LogP contribution is 2.19. The predicted molar refractivity (Wildman–Crippen MR) is 56.4 cm³/mol. The van der Waals surface area contributed by atoms with Gasteiger partial charge in [0.15, 0.2) is 6.61 Å². The zero-order chi connectivity index (χ0) is 15.4. The van der Waals surface area contributed by atoms with E-state index in [0.717, 1.165) is 24.3 Å². The number of carbonyl (C=O) groups excluding carboxylic acids is 1. The summed E-state index contributed by atoms with van der Waals surface area (Å²) < 4.78 is 75.6. The van der Waals surface area contributed by atoms with Crippen molar-refractivity contribution >= 4 is 5.91 Å². The Kier molecular flexibility index (Phi) is 4.85. The lowest BCUT2D eigenvalue weighted by Crippen LogP contribution is -2.33. The number of amides is 1. The highest BCUT2D eigenvalue weighted by atomic mass is 19.4. The molecule has 0 heterocycles. The minimum absolute atomic E-state index is 0.117. The van der Waals surface area contributed by atoms with Crippen LogP contribution in [0.3, 0.4) is 0 Å². The molecule has 0 saturated heterocycles. The standard InChI is InChI=1S/C11H9F6NO2/c12-10(13,14)5-18-9(19)7-1-3-8(4-2-7)20-6-11(15,16)17/h1-4H,5-6H2,(H,18,19). The first-order valence-electron chi connectivity index (χ1n) is 5.21. The average molecular weight is 301 g/mol. The Bertz CT molecular complexity index is 451. The maximum atomic E-state index is 11.9. The van der Waals surface area contributed by atoms with E-state index in [2.05, 4.69) is 4.74 Å². The van der Waals surface area contributed by atoms with Crippen molar-refractivity contribution < 1.29 is 35.9 Å². The van der Waals surface area contributed by atoms with Crippen LogP contribution in [0.5, 0.6) is 5.75 Å². The quantitative estimate of drug-likeness (QED) is 0.868. The second-order valence-corrected chi connectivity index (χ2v) is 3.73.